The van der Waals surface area contributed by atoms with Crippen LogP contribution < -0.4 is 5.32 Å². The normalized spacial score (nSPS) is 22.8. The highest BCUT2D eigenvalue weighted by Crippen LogP contribution is 2.42. The molecule has 5 nitrogen and oxygen atoms in total. The van der Waals surface area contributed by atoms with Crippen LogP contribution in [-0.4, -0.2) is 32.2 Å². The predicted octanol–water partition coefficient (Wildman–Crippen LogP) is 4.55. The Morgan fingerprint density at radius 1 is 1.30 bits per heavy atom. The number of imidazole rings is 1. The highest BCUT2D eigenvalue weighted by molar-refractivity contribution is 6.31. The third-order valence-electron chi connectivity index (χ3n) is 5.81. The highest BCUT2D eigenvalue weighted by Gasteiger charge is 2.43. The number of aromatic nitrogens is 2. The summed E-state index contributed by atoms with van der Waals surface area (Å²) in [6, 6.07) is 8.62. The molecule has 1 fully saturated rings. The first kappa shape index (κ1) is 20.8. The lowest BCUT2D eigenvalue weighted by molar-refractivity contribution is -0.0446. The zero-order valence-electron chi connectivity index (χ0n) is 16.4. The Morgan fingerprint density at radius 2 is 2.03 bits per heavy atom. The quantitative estimate of drug-likeness (QED) is 0.634. The molecule has 1 aliphatic carbocycles. The van der Waals surface area contributed by atoms with E-state index in [2.05, 4.69) is 10.3 Å². The number of hydrogen-bond acceptors (Lipinski definition) is 3. The van der Waals surface area contributed by atoms with Gasteiger partial charge in [0.1, 0.15) is 23.3 Å². The fourth-order valence-electron chi connectivity index (χ4n) is 4.20. The van der Waals surface area contributed by atoms with Gasteiger partial charge >= 0.3 is 0 Å². The Morgan fingerprint density at radius 3 is 2.77 bits per heavy atom. The van der Waals surface area contributed by atoms with Crippen molar-refractivity contribution in [1.29, 1.82) is 0 Å². The van der Waals surface area contributed by atoms with Gasteiger partial charge in [-0.2, -0.15) is 0 Å². The van der Waals surface area contributed by atoms with Crippen LogP contribution in [0.2, 0.25) is 5.02 Å². The van der Waals surface area contributed by atoms with Gasteiger partial charge in [0.2, 0.25) is 0 Å². The summed E-state index contributed by atoms with van der Waals surface area (Å²) >= 11 is 6.20. The number of fused-ring (bicyclic) bond motifs is 1. The summed E-state index contributed by atoms with van der Waals surface area (Å²) in [7, 11) is 0. The number of pyridine rings is 1. The number of amides is 1. The third-order valence-corrected chi connectivity index (χ3v) is 6.20. The van der Waals surface area contributed by atoms with Crippen molar-refractivity contribution in [3.63, 3.8) is 0 Å². The molecule has 1 atom stereocenters. The Labute approximate surface area is 177 Å². The van der Waals surface area contributed by atoms with Crippen molar-refractivity contribution in [2.24, 2.45) is 0 Å². The second-order valence-corrected chi connectivity index (χ2v) is 8.18. The standard InChI is InChI=1S/C22H22ClF2N3O2/c1-13-19(28-12-3-2-7-17(28)26-13)21(29)27-20(15-5-4-6-16(25)18(15)23)22(30)10-8-14(24)9-11-22/h2-7,12,14,20,30H,8-11H2,1H3,(H,27,29)/t14-,20?,22+. The van der Waals surface area contributed by atoms with E-state index < -0.39 is 29.5 Å². The van der Waals surface area contributed by atoms with Gasteiger partial charge in [-0.15, -0.1) is 0 Å². The minimum Gasteiger partial charge on any atom is -0.387 e. The number of nitrogens with one attached hydrogen (secondary N) is 1. The van der Waals surface area contributed by atoms with E-state index in [1.165, 1.54) is 12.1 Å². The Kier molecular flexibility index (Phi) is 5.51. The SMILES string of the molecule is Cc1nc2ccccn2c1C(=O)NC(c1cccc(F)c1Cl)[C@]1(O)CC[C@@H](F)CC1. The van der Waals surface area contributed by atoms with E-state index in [4.69, 9.17) is 11.6 Å². The van der Waals surface area contributed by atoms with Crippen molar-refractivity contribution in [3.05, 3.63) is 70.4 Å². The molecule has 1 aliphatic rings. The maximum absolute atomic E-state index is 14.2. The van der Waals surface area contributed by atoms with Gasteiger partial charge in [0.05, 0.1) is 22.4 Å². The zero-order valence-corrected chi connectivity index (χ0v) is 17.2. The van der Waals surface area contributed by atoms with Gasteiger partial charge < -0.3 is 10.4 Å². The van der Waals surface area contributed by atoms with Gasteiger partial charge in [-0.25, -0.2) is 13.8 Å². The number of hydrogen-bond donors (Lipinski definition) is 2. The van der Waals surface area contributed by atoms with E-state index in [9.17, 15) is 18.7 Å². The summed E-state index contributed by atoms with van der Waals surface area (Å²) in [5.41, 5.74) is 0.242. The molecule has 1 amide bonds. The Balaban J connectivity index is 1.75. The van der Waals surface area contributed by atoms with Gasteiger partial charge in [-0.3, -0.25) is 9.20 Å². The second-order valence-electron chi connectivity index (χ2n) is 7.80. The molecular formula is C22H22ClF2N3O2. The Hall–Kier alpha value is -2.51. The van der Waals surface area contributed by atoms with Crippen LogP contribution in [0.15, 0.2) is 42.6 Å². The smallest absolute Gasteiger partial charge is 0.270 e. The van der Waals surface area contributed by atoms with Gasteiger partial charge in [0.25, 0.3) is 5.91 Å². The molecule has 1 unspecified atom stereocenters. The second kappa shape index (κ2) is 7.96. The summed E-state index contributed by atoms with van der Waals surface area (Å²) in [6.45, 7) is 1.72. The number of rotatable bonds is 4. The molecule has 30 heavy (non-hydrogen) atoms. The van der Waals surface area contributed by atoms with Crippen LogP contribution in [0.25, 0.3) is 5.65 Å². The third kappa shape index (κ3) is 3.68. The zero-order chi connectivity index (χ0) is 21.5. The van der Waals surface area contributed by atoms with E-state index in [1.807, 2.05) is 6.07 Å². The number of carbonyl (C=O) groups is 1. The van der Waals surface area contributed by atoms with Crippen LogP contribution >= 0.6 is 11.6 Å². The number of aliphatic hydroxyl groups is 1. The molecule has 0 saturated heterocycles. The molecule has 2 aromatic heterocycles. The summed E-state index contributed by atoms with van der Waals surface area (Å²) in [4.78, 5) is 17.7. The van der Waals surface area contributed by atoms with E-state index in [0.29, 0.717) is 17.0 Å². The van der Waals surface area contributed by atoms with Crippen molar-refractivity contribution in [2.75, 3.05) is 0 Å². The first-order valence-electron chi connectivity index (χ1n) is 9.85. The topological polar surface area (TPSA) is 66.6 Å². The average molecular weight is 434 g/mol. The molecule has 1 saturated carbocycles. The molecule has 2 heterocycles. The van der Waals surface area contributed by atoms with E-state index in [-0.39, 0.29) is 36.3 Å². The summed E-state index contributed by atoms with van der Waals surface area (Å²) in [6.07, 6.45) is 1.27. The van der Waals surface area contributed by atoms with E-state index in [1.54, 1.807) is 35.7 Å². The molecular weight excluding hydrogens is 412 g/mol. The van der Waals surface area contributed by atoms with Crippen molar-refractivity contribution < 1.29 is 18.7 Å². The van der Waals surface area contributed by atoms with E-state index >= 15 is 0 Å². The maximum atomic E-state index is 14.2. The van der Waals surface area contributed by atoms with Crippen LogP contribution in [0, 0.1) is 12.7 Å². The first-order chi connectivity index (χ1) is 14.3. The van der Waals surface area contributed by atoms with Gasteiger partial charge in [-0.05, 0) is 56.4 Å². The van der Waals surface area contributed by atoms with Gasteiger partial charge in [0, 0.05) is 6.20 Å². The monoisotopic (exact) mass is 433 g/mol. The van der Waals surface area contributed by atoms with Crippen LogP contribution in [0.4, 0.5) is 8.78 Å². The minimum atomic E-state index is -1.45. The number of aryl methyl sites for hydroxylation is 1. The number of benzene rings is 1. The average Bonchev–Trinajstić information content (AvgIpc) is 3.06. The molecule has 0 radical (unpaired) electrons. The van der Waals surface area contributed by atoms with Crippen molar-refractivity contribution >= 4 is 23.2 Å². The molecule has 3 aromatic rings. The number of nitrogens with zero attached hydrogens (tertiary/aromatic N) is 2. The van der Waals surface area contributed by atoms with Crippen LogP contribution in [0.3, 0.4) is 0 Å². The summed E-state index contributed by atoms with van der Waals surface area (Å²) in [5, 5.41) is 14.0. The summed E-state index contributed by atoms with van der Waals surface area (Å²) in [5.74, 6) is -1.13. The molecule has 1 aromatic carbocycles. The van der Waals surface area contributed by atoms with Crippen molar-refractivity contribution in [3.8, 4) is 0 Å². The Bertz CT molecular complexity index is 1090. The van der Waals surface area contributed by atoms with Crippen LogP contribution in [0.1, 0.15) is 53.5 Å². The number of carbonyl (C=O) groups excluding carboxylic acids is 1. The van der Waals surface area contributed by atoms with Crippen molar-refractivity contribution in [1.82, 2.24) is 14.7 Å². The molecule has 0 spiro atoms. The molecule has 158 valence electrons. The minimum absolute atomic E-state index is 0.123. The molecule has 2 N–H and O–H groups in total. The fraction of sp³-hybridized carbons (Fsp3) is 0.364. The highest BCUT2D eigenvalue weighted by atomic mass is 35.5. The fourth-order valence-corrected chi connectivity index (χ4v) is 4.44. The lowest BCUT2D eigenvalue weighted by atomic mass is 9.76. The lowest BCUT2D eigenvalue weighted by Crippen LogP contribution is -2.49. The lowest BCUT2D eigenvalue weighted by Gasteiger charge is -2.41. The number of alkyl halides is 1. The molecule has 0 aliphatic heterocycles. The predicted molar refractivity (Wildman–Crippen MR) is 110 cm³/mol. The van der Waals surface area contributed by atoms with Gasteiger partial charge in [0.15, 0.2) is 0 Å². The first-order valence-corrected chi connectivity index (χ1v) is 10.2. The van der Waals surface area contributed by atoms with Crippen molar-refractivity contribution in [2.45, 2.75) is 50.4 Å². The molecule has 8 heteroatoms. The largest absolute Gasteiger partial charge is 0.387 e. The van der Waals surface area contributed by atoms with Crippen LogP contribution in [-0.2, 0) is 0 Å². The van der Waals surface area contributed by atoms with E-state index in [0.717, 1.165) is 0 Å². The molecule has 4 rings (SSSR count). The number of halogens is 3. The summed E-state index contributed by atoms with van der Waals surface area (Å²) < 4.78 is 29.6. The van der Waals surface area contributed by atoms with Gasteiger partial charge in [-0.1, -0.05) is 29.8 Å². The maximum Gasteiger partial charge on any atom is 0.270 e. The molecule has 0 bridgehead atoms. The van der Waals surface area contributed by atoms with Crippen LogP contribution in [0.5, 0.6) is 0 Å².